The van der Waals surface area contributed by atoms with Crippen LogP contribution in [0.1, 0.15) is 34.1 Å². The highest BCUT2D eigenvalue weighted by atomic mass is 16.7. The predicted octanol–water partition coefficient (Wildman–Crippen LogP) is 2.19. The molecule has 27 heavy (non-hydrogen) atoms. The van der Waals surface area contributed by atoms with Crippen molar-refractivity contribution in [3.8, 4) is 17.2 Å². The summed E-state index contributed by atoms with van der Waals surface area (Å²) in [6.45, 7) is 1.16. The van der Waals surface area contributed by atoms with Gasteiger partial charge in [0.05, 0.1) is 39.7 Å². The number of hydrogen-bond donors (Lipinski definition) is 0. The fourth-order valence-electron chi connectivity index (χ4n) is 4.21. The summed E-state index contributed by atoms with van der Waals surface area (Å²) in [5, 5.41) is 0. The second-order valence-corrected chi connectivity index (χ2v) is 7.81. The third-order valence-electron chi connectivity index (χ3n) is 5.80. The van der Waals surface area contributed by atoms with Crippen LogP contribution in [0.2, 0.25) is 0 Å². The molecule has 0 bridgehead atoms. The first-order valence-corrected chi connectivity index (χ1v) is 9.22. The maximum Gasteiger partial charge on any atom is 0.248 e. The van der Waals surface area contributed by atoms with E-state index in [4.69, 9.17) is 14.2 Å². The molecule has 1 aromatic carbocycles. The maximum atomic E-state index is 13.1. The quantitative estimate of drug-likeness (QED) is 0.470. The molecule has 0 amide bonds. The zero-order chi connectivity index (χ0) is 19.2. The molecule has 0 saturated heterocycles. The number of ether oxygens (including phenoxy) is 3. The van der Waals surface area contributed by atoms with Crippen LogP contribution in [0, 0.1) is 0 Å². The van der Waals surface area contributed by atoms with Crippen molar-refractivity contribution in [3.05, 3.63) is 47.3 Å². The van der Waals surface area contributed by atoms with Gasteiger partial charge >= 0.3 is 0 Å². The molecule has 2 aliphatic rings. The number of carbonyl (C=O) groups is 1. The number of aryl methyl sites for hydroxylation is 1. The molecule has 6 nitrogen and oxygen atoms in total. The Balaban J connectivity index is 1.79. The number of fused-ring (bicyclic) bond motifs is 2. The average molecular weight is 370 g/mol. The Morgan fingerprint density at radius 1 is 1.33 bits per heavy atom. The topological polar surface area (TPSA) is 48.6 Å². The third-order valence-corrected chi connectivity index (χ3v) is 5.80. The van der Waals surface area contributed by atoms with Crippen LogP contribution in [0.5, 0.6) is 17.2 Å². The third kappa shape index (κ3) is 2.94. The summed E-state index contributed by atoms with van der Waals surface area (Å²) < 4.78 is 19.6. The number of quaternary nitrogens is 1. The molecule has 0 radical (unpaired) electrons. The minimum Gasteiger partial charge on any atom is -0.492 e. The zero-order valence-electron chi connectivity index (χ0n) is 16.3. The molecular weight excluding hydrogens is 344 g/mol. The summed E-state index contributed by atoms with van der Waals surface area (Å²) in [6, 6.07) is 7.75. The first-order valence-electron chi connectivity index (χ1n) is 9.22. The van der Waals surface area contributed by atoms with Crippen LogP contribution in [0.4, 0.5) is 0 Å². The summed E-state index contributed by atoms with van der Waals surface area (Å²) in [5.41, 5.74) is 2.97. The van der Waals surface area contributed by atoms with E-state index in [9.17, 15) is 4.79 Å². The normalized spacial score (nSPS) is 19.5. The largest absolute Gasteiger partial charge is 0.492 e. The van der Waals surface area contributed by atoms with Gasteiger partial charge < -0.3 is 18.7 Å². The lowest BCUT2D eigenvalue weighted by Crippen LogP contribution is -2.49. The van der Waals surface area contributed by atoms with Crippen LogP contribution >= 0.6 is 0 Å². The molecule has 0 N–H and O–H groups in total. The Bertz CT molecular complexity index is 907. The van der Waals surface area contributed by atoms with Crippen LogP contribution < -0.4 is 18.8 Å². The van der Waals surface area contributed by atoms with E-state index in [2.05, 4.69) is 20.2 Å². The van der Waals surface area contributed by atoms with Crippen molar-refractivity contribution < 1.29 is 28.1 Å². The van der Waals surface area contributed by atoms with E-state index in [1.54, 1.807) is 7.11 Å². The van der Waals surface area contributed by atoms with Gasteiger partial charge in [0.2, 0.25) is 24.0 Å². The molecule has 0 saturated carbocycles. The first kappa shape index (κ1) is 17.8. The minimum atomic E-state index is -0.00842. The summed E-state index contributed by atoms with van der Waals surface area (Å²) in [7, 11) is 7.91. The lowest BCUT2D eigenvalue weighted by atomic mass is 9.86. The number of ketones is 1. The van der Waals surface area contributed by atoms with Gasteiger partial charge in [-0.15, -0.1) is 0 Å². The smallest absolute Gasteiger partial charge is 0.248 e. The number of hydrogen-bond acceptors (Lipinski definition) is 4. The number of aromatic nitrogens is 1. The highest BCUT2D eigenvalue weighted by molar-refractivity contribution is 5.93. The number of carbonyl (C=O) groups excluding carboxylic acids is 1. The Kier molecular flexibility index (Phi) is 4.30. The minimum absolute atomic E-state index is 0.00842. The number of methoxy groups -OCH3 is 1. The van der Waals surface area contributed by atoms with Crippen molar-refractivity contribution in [1.82, 2.24) is 0 Å². The van der Waals surface area contributed by atoms with Crippen molar-refractivity contribution in [2.45, 2.75) is 18.9 Å². The van der Waals surface area contributed by atoms with Crippen molar-refractivity contribution in [2.24, 2.45) is 7.05 Å². The molecule has 1 aromatic heterocycles. The van der Waals surface area contributed by atoms with Crippen molar-refractivity contribution in [3.63, 3.8) is 0 Å². The Morgan fingerprint density at radius 2 is 2.15 bits per heavy atom. The van der Waals surface area contributed by atoms with Crippen molar-refractivity contribution >= 4 is 5.78 Å². The molecule has 0 aliphatic carbocycles. The Labute approximate surface area is 159 Å². The van der Waals surface area contributed by atoms with Gasteiger partial charge in [0, 0.05) is 18.6 Å². The molecular formula is C21H26N2O4+2. The molecule has 0 unspecified atom stereocenters. The Morgan fingerprint density at radius 3 is 2.89 bits per heavy atom. The van der Waals surface area contributed by atoms with Gasteiger partial charge in [0.1, 0.15) is 13.1 Å². The van der Waals surface area contributed by atoms with Gasteiger partial charge in [0.15, 0.2) is 17.7 Å². The monoisotopic (exact) mass is 370 g/mol. The standard InChI is InChI=1S/C21H26N2O4/c1-22-9-6-5-7-15(22)17(24)12-16-19-14(8-10-23(16,2)3)11-18-20(21(19)25-4)27-13-26-18/h5-7,9,11,16H,8,10,12-13H2,1-4H3/q+2/t16-/m1/s1. The van der Waals surface area contributed by atoms with E-state index >= 15 is 0 Å². The van der Waals surface area contributed by atoms with E-state index in [1.807, 2.05) is 36.0 Å². The average Bonchev–Trinajstić information content (AvgIpc) is 3.11. The van der Waals surface area contributed by atoms with Gasteiger partial charge in [-0.25, -0.2) is 0 Å². The summed E-state index contributed by atoms with van der Waals surface area (Å²) in [5.74, 6) is 2.22. The fraction of sp³-hybridized carbons (Fsp3) is 0.429. The molecule has 3 heterocycles. The SMILES string of the molecule is COc1c2c(cc3c1[C@@H](CC(=O)c1cccc[n+]1C)[N+](C)(C)CC3)OCO2. The van der Waals surface area contributed by atoms with E-state index in [0.29, 0.717) is 23.6 Å². The lowest BCUT2D eigenvalue weighted by Gasteiger charge is -2.42. The van der Waals surface area contributed by atoms with Gasteiger partial charge in [-0.2, -0.15) is 4.57 Å². The molecule has 6 heteroatoms. The highest BCUT2D eigenvalue weighted by Gasteiger charge is 2.43. The second kappa shape index (κ2) is 6.53. The summed E-state index contributed by atoms with van der Waals surface area (Å²) in [4.78, 5) is 13.1. The van der Waals surface area contributed by atoms with Crippen LogP contribution in [0.3, 0.4) is 0 Å². The number of nitrogens with zero attached hydrogens (tertiary/aromatic N) is 2. The number of likely N-dealkylation sites (N-methyl/N-ethyl adjacent to an activating group) is 1. The number of Topliss-reactive ketones (excluding diaryl/α,β-unsaturated/α-hetero) is 1. The number of rotatable bonds is 4. The molecule has 4 rings (SSSR count). The molecule has 0 fully saturated rings. The van der Waals surface area contributed by atoms with E-state index in [1.165, 1.54) is 5.56 Å². The van der Waals surface area contributed by atoms with Gasteiger partial charge in [-0.1, -0.05) is 0 Å². The van der Waals surface area contributed by atoms with E-state index in [-0.39, 0.29) is 18.6 Å². The van der Waals surface area contributed by atoms with Crippen molar-refractivity contribution in [1.29, 1.82) is 0 Å². The molecule has 0 spiro atoms. The van der Waals surface area contributed by atoms with Gasteiger partial charge in [-0.05, 0) is 17.7 Å². The van der Waals surface area contributed by atoms with Crippen LogP contribution in [-0.4, -0.2) is 44.8 Å². The van der Waals surface area contributed by atoms with Crippen molar-refractivity contribution in [2.75, 3.05) is 34.5 Å². The molecule has 1 atom stereocenters. The molecule has 2 aliphatic heterocycles. The van der Waals surface area contributed by atoms with E-state index < -0.39 is 0 Å². The van der Waals surface area contributed by atoms with Gasteiger partial charge in [0.25, 0.3) is 0 Å². The van der Waals surface area contributed by atoms with Crippen LogP contribution in [0.25, 0.3) is 0 Å². The predicted molar refractivity (Wildman–Crippen MR) is 99.1 cm³/mol. The molecule has 2 aromatic rings. The highest BCUT2D eigenvalue weighted by Crippen LogP contribution is 2.51. The second-order valence-electron chi connectivity index (χ2n) is 7.81. The summed E-state index contributed by atoms with van der Waals surface area (Å²) in [6.07, 6.45) is 3.23. The van der Waals surface area contributed by atoms with E-state index in [0.717, 1.165) is 28.8 Å². The fourth-order valence-corrected chi connectivity index (χ4v) is 4.21. The maximum absolute atomic E-state index is 13.1. The molecule has 142 valence electrons. The zero-order valence-corrected chi connectivity index (χ0v) is 16.3. The van der Waals surface area contributed by atoms with Crippen LogP contribution in [0.15, 0.2) is 30.5 Å². The van der Waals surface area contributed by atoms with Gasteiger partial charge in [-0.3, -0.25) is 4.79 Å². The number of benzene rings is 1. The first-order chi connectivity index (χ1) is 12.9. The summed E-state index contributed by atoms with van der Waals surface area (Å²) >= 11 is 0. The van der Waals surface area contributed by atoms with Crippen LogP contribution in [-0.2, 0) is 13.5 Å². The Hall–Kier alpha value is -2.60. The number of pyridine rings is 1. The lowest BCUT2D eigenvalue weighted by molar-refractivity contribution is -0.922.